The van der Waals surface area contributed by atoms with Gasteiger partial charge in [-0.05, 0) is 37.6 Å². The first kappa shape index (κ1) is 15.0. The molecule has 1 atom stereocenters. The standard InChI is InChI=1S/C14H31N/c1-4-6-7-8-11-14(3,10-5-2)12-9-13-15/h4-13,15H2,1-3H3. The number of unbranched alkanes of at least 4 members (excludes halogenated alkanes) is 3. The zero-order chi connectivity index (χ0) is 11.6. The second kappa shape index (κ2) is 9.21. The maximum absolute atomic E-state index is 5.61. The highest BCUT2D eigenvalue weighted by molar-refractivity contribution is 4.74. The van der Waals surface area contributed by atoms with Gasteiger partial charge in [-0.25, -0.2) is 0 Å². The van der Waals surface area contributed by atoms with Gasteiger partial charge in [-0.2, -0.15) is 0 Å². The average molecular weight is 213 g/mol. The Hall–Kier alpha value is -0.0400. The fourth-order valence-electron chi connectivity index (χ4n) is 2.49. The van der Waals surface area contributed by atoms with Crippen LogP contribution in [0.2, 0.25) is 0 Å². The Kier molecular flexibility index (Phi) is 9.18. The number of rotatable bonds is 10. The van der Waals surface area contributed by atoms with E-state index in [0.717, 1.165) is 6.54 Å². The fraction of sp³-hybridized carbons (Fsp3) is 1.00. The summed E-state index contributed by atoms with van der Waals surface area (Å²) in [5.41, 5.74) is 6.18. The minimum Gasteiger partial charge on any atom is -0.330 e. The molecule has 0 spiro atoms. The van der Waals surface area contributed by atoms with Gasteiger partial charge in [-0.1, -0.05) is 52.9 Å². The Bertz CT molecular complexity index is 133. The monoisotopic (exact) mass is 213 g/mol. The van der Waals surface area contributed by atoms with Crippen molar-refractivity contribution in [3.05, 3.63) is 0 Å². The summed E-state index contributed by atoms with van der Waals surface area (Å²) in [5, 5.41) is 0. The molecule has 0 bridgehead atoms. The summed E-state index contributed by atoms with van der Waals surface area (Å²) >= 11 is 0. The molecule has 1 nitrogen and oxygen atoms in total. The van der Waals surface area contributed by atoms with Crippen LogP contribution in [0.3, 0.4) is 0 Å². The van der Waals surface area contributed by atoms with Gasteiger partial charge in [-0.15, -0.1) is 0 Å². The Labute approximate surface area is 96.8 Å². The summed E-state index contributed by atoms with van der Waals surface area (Å²) in [5.74, 6) is 0. The minimum atomic E-state index is 0.571. The molecule has 0 aromatic carbocycles. The SMILES string of the molecule is CCCCCCC(C)(CCC)CCCN. The molecule has 0 aliphatic heterocycles. The van der Waals surface area contributed by atoms with Gasteiger partial charge < -0.3 is 5.73 Å². The smallest absolute Gasteiger partial charge is 0.00771 e. The molecule has 1 heteroatoms. The Morgan fingerprint density at radius 3 is 2.00 bits per heavy atom. The summed E-state index contributed by atoms with van der Waals surface area (Å²) in [6, 6.07) is 0. The second-order valence-electron chi connectivity index (χ2n) is 5.26. The van der Waals surface area contributed by atoms with Gasteiger partial charge in [0.25, 0.3) is 0 Å². The second-order valence-corrected chi connectivity index (χ2v) is 5.26. The van der Waals surface area contributed by atoms with Crippen LogP contribution in [0.4, 0.5) is 0 Å². The van der Waals surface area contributed by atoms with Crippen molar-refractivity contribution in [2.75, 3.05) is 6.54 Å². The number of hydrogen-bond donors (Lipinski definition) is 1. The quantitative estimate of drug-likeness (QED) is 0.531. The van der Waals surface area contributed by atoms with Gasteiger partial charge in [0.05, 0.1) is 0 Å². The molecule has 0 heterocycles. The van der Waals surface area contributed by atoms with Crippen LogP contribution in [-0.2, 0) is 0 Å². The van der Waals surface area contributed by atoms with Crippen molar-refractivity contribution in [1.82, 2.24) is 0 Å². The lowest BCUT2D eigenvalue weighted by Gasteiger charge is -2.29. The van der Waals surface area contributed by atoms with Crippen LogP contribution in [0.25, 0.3) is 0 Å². The van der Waals surface area contributed by atoms with Crippen molar-refractivity contribution in [3.63, 3.8) is 0 Å². The summed E-state index contributed by atoms with van der Waals surface area (Å²) < 4.78 is 0. The molecule has 1 unspecified atom stereocenters. The first-order chi connectivity index (χ1) is 7.18. The first-order valence-corrected chi connectivity index (χ1v) is 6.88. The van der Waals surface area contributed by atoms with Crippen LogP contribution in [0.1, 0.15) is 78.6 Å². The molecule has 92 valence electrons. The van der Waals surface area contributed by atoms with Gasteiger partial charge in [-0.3, -0.25) is 0 Å². The highest BCUT2D eigenvalue weighted by atomic mass is 14.5. The predicted octanol–water partition coefficient (Wildman–Crippen LogP) is 4.50. The van der Waals surface area contributed by atoms with E-state index in [0.29, 0.717) is 5.41 Å². The molecule has 0 fully saturated rings. The van der Waals surface area contributed by atoms with E-state index in [1.165, 1.54) is 57.8 Å². The van der Waals surface area contributed by atoms with Gasteiger partial charge in [0.2, 0.25) is 0 Å². The molecule has 0 saturated carbocycles. The summed E-state index contributed by atoms with van der Waals surface area (Å²) in [4.78, 5) is 0. The molecule has 0 rings (SSSR count). The summed E-state index contributed by atoms with van der Waals surface area (Å²) in [6.45, 7) is 7.89. The number of hydrogen-bond acceptors (Lipinski definition) is 1. The van der Waals surface area contributed by atoms with Crippen LogP contribution < -0.4 is 5.73 Å². The van der Waals surface area contributed by atoms with Crippen LogP contribution in [-0.4, -0.2) is 6.54 Å². The Balaban J connectivity index is 3.78. The Morgan fingerprint density at radius 2 is 1.47 bits per heavy atom. The third-order valence-corrected chi connectivity index (χ3v) is 3.47. The minimum absolute atomic E-state index is 0.571. The summed E-state index contributed by atoms with van der Waals surface area (Å²) in [6.07, 6.45) is 12.2. The number of nitrogens with two attached hydrogens (primary N) is 1. The molecule has 2 N–H and O–H groups in total. The largest absolute Gasteiger partial charge is 0.330 e. The van der Waals surface area contributed by atoms with E-state index >= 15 is 0 Å². The Morgan fingerprint density at radius 1 is 0.800 bits per heavy atom. The molecular weight excluding hydrogens is 182 g/mol. The molecule has 0 radical (unpaired) electrons. The van der Waals surface area contributed by atoms with E-state index in [2.05, 4.69) is 20.8 Å². The molecule has 0 amide bonds. The zero-order valence-electron chi connectivity index (χ0n) is 11.1. The van der Waals surface area contributed by atoms with E-state index in [9.17, 15) is 0 Å². The topological polar surface area (TPSA) is 26.0 Å². The van der Waals surface area contributed by atoms with E-state index in [1.54, 1.807) is 0 Å². The predicted molar refractivity (Wildman–Crippen MR) is 70.1 cm³/mol. The van der Waals surface area contributed by atoms with Crippen LogP contribution in [0.15, 0.2) is 0 Å². The van der Waals surface area contributed by atoms with Crippen molar-refractivity contribution < 1.29 is 0 Å². The van der Waals surface area contributed by atoms with Gasteiger partial charge in [0, 0.05) is 0 Å². The van der Waals surface area contributed by atoms with E-state index in [-0.39, 0.29) is 0 Å². The van der Waals surface area contributed by atoms with Gasteiger partial charge >= 0.3 is 0 Å². The normalized spacial score (nSPS) is 15.2. The van der Waals surface area contributed by atoms with Gasteiger partial charge in [0.1, 0.15) is 0 Å². The maximum atomic E-state index is 5.61. The van der Waals surface area contributed by atoms with Crippen molar-refractivity contribution >= 4 is 0 Å². The zero-order valence-corrected chi connectivity index (χ0v) is 11.1. The van der Waals surface area contributed by atoms with Crippen molar-refractivity contribution in [2.24, 2.45) is 11.1 Å². The molecule has 0 aromatic rings. The molecule has 0 aliphatic carbocycles. The highest BCUT2D eigenvalue weighted by Gasteiger charge is 2.21. The molecule has 15 heavy (non-hydrogen) atoms. The van der Waals surface area contributed by atoms with Crippen molar-refractivity contribution in [1.29, 1.82) is 0 Å². The lowest BCUT2D eigenvalue weighted by Crippen LogP contribution is -2.18. The summed E-state index contributed by atoms with van der Waals surface area (Å²) in [7, 11) is 0. The highest BCUT2D eigenvalue weighted by Crippen LogP contribution is 2.34. The fourth-order valence-corrected chi connectivity index (χ4v) is 2.49. The van der Waals surface area contributed by atoms with E-state index in [4.69, 9.17) is 5.73 Å². The third-order valence-electron chi connectivity index (χ3n) is 3.47. The van der Waals surface area contributed by atoms with Crippen molar-refractivity contribution in [2.45, 2.75) is 78.6 Å². The lowest BCUT2D eigenvalue weighted by molar-refractivity contribution is 0.233. The molecule has 0 aromatic heterocycles. The molecule has 0 saturated heterocycles. The lowest BCUT2D eigenvalue weighted by atomic mass is 9.77. The molecule has 0 aliphatic rings. The van der Waals surface area contributed by atoms with Crippen molar-refractivity contribution in [3.8, 4) is 0 Å². The van der Waals surface area contributed by atoms with E-state index < -0.39 is 0 Å². The van der Waals surface area contributed by atoms with Crippen LogP contribution in [0.5, 0.6) is 0 Å². The van der Waals surface area contributed by atoms with Gasteiger partial charge in [0.15, 0.2) is 0 Å². The first-order valence-electron chi connectivity index (χ1n) is 6.88. The maximum Gasteiger partial charge on any atom is -0.00771 e. The molecular formula is C14H31N. The third kappa shape index (κ3) is 7.84. The van der Waals surface area contributed by atoms with E-state index in [1.807, 2.05) is 0 Å². The average Bonchev–Trinajstić information content (AvgIpc) is 2.22. The van der Waals surface area contributed by atoms with Crippen LogP contribution in [0, 0.1) is 5.41 Å². The van der Waals surface area contributed by atoms with Crippen LogP contribution >= 0.6 is 0 Å².